The van der Waals surface area contributed by atoms with Gasteiger partial charge in [-0.15, -0.1) is 0 Å². The molecule has 0 bridgehead atoms. The van der Waals surface area contributed by atoms with Crippen LogP contribution in [0.4, 0.5) is 5.69 Å². The molecule has 21 heavy (non-hydrogen) atoms. The third kappa shape index (κ3) is 2.83. The molecule has 1 N–H and O–H groups in total. The minimum Gasteiger partial charge on any atom is -0.495 e. The molecule has 2 fully saturated rings. The van der Waals surface area contributed by atoms with Crippen LogP contribution in [0.15, 0.2) is 29.4 Å². The summed E-state index contributed by atoms with van der Waals surface area (Å²) < 4.78 is 5.45. The number of hydrogen-bond donors (Lipinski definition) is 1. The van der Waals surface area contributed by atoms with Gasteiger partial charge in [-0.2, -0.15) is 0 Å². The van der Waals surface area contributed by atoms with Gasteiger partial charge in [-0.05, 0) is 31.4 Å². The van der Waals surface area contributed by atoms with Gasteiger partial charge in [0.05, 0.1) is 24.6 Å². The molecule has 1 aliphatic heterocycles. The van der Waals surface area contributed by atoms with Crippen molar-refractivity contribution in [3.63, 3.8) is 0 Å². The molecule has 5 nitrogen and oxygen atoms in total. The number of rotatable bonds is 3. The van der Waals surface area contributed by atoms with E-state index in [0.717, 1.165) is 56.9 Å². The van der Waals surface area contributed by atoms with Gasteiger partial charge in [-0.25, -0.2) is 0 Å². The third-order valence-corrected chi connectivity index (χ3v) is 4.60. The number of piperazine rings is 1. The Balaban J connectivity index is 1.65. The Labute approximate surface area is 125 Å². The molecule has 114 valence electrons. The fourth-order valence-corrected chi connectivity index (χ4v) is 3.49. The average Bonchev–Trinajstić information content (AvgIpc) is 3.03. The van der Waals surface area contributed by atoms with Gasteiger partial charge in [0.25, 0.3) is 0 Å². The zero-order valence-corrected chi connectivity index (χ0v) is 12.5. The normalized spacial score (nSPS) is 25.5. The Kier molecular flexibility index (Phi) is 4.29. The molecule has 0 amide bonds. The van der Waals surface area contributed by atoms with Crippen LogP contribution in [0.5, 0.6) is 5.75 Å². The number of para-hydroxylation sites is 2. The van der Waals surface area contributed by atoms with Gasteiger partial charge in [-0.1, -0.05) is 17.3 Å². The van der Waals surface area contributed by atoms with E-state index in [2.05, 4.69) is 27.1 Å². The van der Waals surface area contributed by atoms with Crippen LogP contribution >= 0.6 is 0 Å². The van der Waals surface area contributed by atoms with E-state index in [1.54, 1.807) is 7.11 Å². The molecule has 3 rings (SSSR count). The molecule has 1 aromatic rings. The summed E-state index contributed by atoms with van der Waals surface area (Å²) in [6.07, 6.45) is 3.19. The maximum atomic E-state index is 9.10. The molecule has 1 aliphatic carbocycles. The molecule has 1 aromatic carbocycles. The largest absolute Gasteiger partial charge is 0.495 e. The van der Waals surface area contributed by atoms with Gasteiger partial charge in [0.1, 0.15) is 5.75 Å². The van der Waals surface area contributed by atoms with Crippen molar-refractivity contribution in [3.05, 3.63) is 24.3 Å². The molecule has 1 heterocycles. The van der Waals surface area contributed by atoms with Crippen molar-refractivity contribution in [3.8, 4) is 5.75 Å². The number of anilines is 1. The number of benzene rings is 1. The maximum Gasteiger partial charge on any atom is 0.142 e. The fourth-order valence-electron chi connectivity index (χ4n) is 3.49. The van der Waals surface area contributed by atoms with Crippen LogP contribution < -0.4 is 9.64 Å². The van der Waals surface area contributed by atoms with Gasteiger partial charge in [0.2, 0.25) is 0 Å². The molecule has 0 aromatic heterocycles. The van der Waals surface area contributed by atoms with Crippen LogP contribution in [0.3, 0.4) is 0 Å². The number of oxime groups is 1. The van der Waals surface area contributed by atoms with Crippen molar-refractivity contribution in [2.24, 2.45) is 5.16 Å². The quantitative estimate of drug-likeness (QED) is 0.684. The van der Waals surface area contributed by atoms with Crippen molar-refractivity contribution in [2.45, 2.75) is 25.3 Å². The standard InChI is InChI=1S/C16H23N3O2/c1-21-16-8-3-2-6-15(16)19-11-9-18(10-12-19)14-7-4-5-13(14)17-20/h2-3,6,8,14,20H,4-5,7,9-12H2,1H3/b17-13-. The van der Waals surface area contributed by atoms with E-state index < -0.39 is 0 Å². The van der Waals surface area contributed by atoms with Gasteiger partial charge in [-0.3, -0.25) is 4.90 Å². The predicted octanol–water partition coefficient (Wildman–Crippen LogP) is 2.20. The molecule has 1 saturated carbocycles. The van der Waals surface area contributed by atoms with Crippen LogP contribution in [-0.2, 0) is 0 Å². The van der Waals surface area contributed by atoms with Crippen LogP contribution in [0.25, 0.3) is 0 Å². The highest BCUT2D eigenvalue weighted by Gasteiger charge is 2.31. The molecule has 0 spiro atoms. The van der Waals surface area contributed by atoms with Gasteiger partial charge in [0.15, 0.2) is 0 Å². The molecule has 1 saturated heterocycles. The van der Waals surface area contributed by atoms with Crippen molar-refractivity contribution in [1.82, 2.24) is 4.90 Å². The summed E-state index contributed by atoms with van der Waals surface area (Å²) in [5.74, 6) is 0.935. The van der Waals surface area contributed by atoms with Crippen molar-refractivity contribution in [1.29, 1.82) is 0 Å². The van der Waals surface area contributed by atoms with Crippen LogP contribution in [-0.4, -0.2) is 55.1 Å². The zero-order valence-electron chi connectivity index (χ0n) is 12.5. The van der Waals surface area contributed by atoms with Gasteiger partial charge < -0.3 is 14.8 Å². The Bertz CT molecular complexity index is 510. The summed E-state index contributed by atoms with van der Waals surface area (Å²) in [5.41, 5.74) is 2.13. The first-order valence-electron chi connectivity index (χ1n) is 7.66. The van der Waals surface area contributed by atoms with E-state index in [1.165, 1.54) is 5.69 Å². The van der Waals surface area contributed by atoms with Crippen molar-refractivity contribution < 1.29 is 9.94 Å². The lowest BCUT2D eigenvalue weighted by Gasteiger charge is -2.39. The Morgan fingerprint density at radius 3 is 2.67 bits per heavy atom. The minimum atomic E-state index is 0.342. The Morgan fingerprint density at radius 1 is 1.19 bits per heavy atom. The average molecular weight is 289 g/mol. The summed E-state index contributed by atoms with van der Waals surface area (Å²) >= 11 is 0. The number of methoxy groups -OCH3 is 1. The first-order chi connectivity index (χ1) is 10.3. The summed E-state index contributed by atoms with van der Waals surface area (Å²) in [7, 11) is 1.72. The van der Waals surface area contributed by atoms with Gasteiger partial charge in [0, 0.05) is 26.2 Å². The second-order valence-corrected chi connectivity index (χ2v) is 5.69. The second kappa shape index (κ2) is 6.35. The summed E-state index contributed by atoms with van der Waals surface area (Å²) in [6.45, 7) is 3.97. The minimum absolute atomic E-state index is 0.342. The lowest BCUT2D eigenvalue weighted by atomic mass is 10.1. The van der Waals surface area contributed by atoms with E-state index in [4.69, 9.17) is 9.94 Å². The highest BCUT2D eigenvalue weighted by atomic mass is 16.5. The van der Waals surface area contributed by atoms with E-state index in [1.807, 2.05) is 12.1 Å². The van der Waals surface area contributed by atoms with Gasteiger partial charge >= 0.3 is 0 Å². The molecular formula is C16H23N3O2. The van der Waals surface area contributed by atoms with E-state index >= 15 is 0 Å². The summed E-state index contributed by atoms with van der Waals surface area (Å²) in [4.78, 5) is 4.83. The lowest BCUT2D eigenvalue weighted by Crippen LogP contribution is -2.51. The highest BCUT2D eigenvalue weighted by Crippen LogP contribution is 2.29. The molecule has 1 unspecified atom stereocenters. The first-order valence-corrected chi connectivity index (χ1v) is 7.66. The zero-order chi connectivity index (χ0) is 14.7. The maximum absolute atomic E-state index is 9.10. The molecule has 5 heteroatoms. The molecular weight excluding hydrogens is 266 g/mol. The predicted molar refractivity (Wildman–Crippen MR) is 83.6 cm³/mol. The van der Waals surface area contributed by atoms with Crippen LogP contribution in [0.1, 0.15) is 19.3 Å². The SMILES string of the molecule is COc1ccccc1N1CCN(C2CCC/C2=N/O)CC1. The molecule has 1 atom stereocenters. The smallest absolute Gasteiger partial charge is 0.142 e. The van der Waals surface area contributed by atoms with Crippen molar-refractivity contribution >= 4 is 11.4 Å². The van der Waals surface area contributed by atoms with Crippen LogP contribution in [0, 0.1) is 0 Å². The second-order valence-electron chi connectivity index (χ2n) is 5.69. The fraction of sp³-hybridized carbons (Fsp3) is 0.562. The van der Waals surface area contributed by atoms with Crippen molar-refractivity contribution in [2.75, 3.05) is 38.2 Å². The van der Waals surface area contributed by atoms with E-state index in [-0.39, 0.29) is 0 Å². The Morgan fingerprint density at radius 2 is 1.95 bits per heavy atom. The Hall–Kier alpha value is -1.75. The highest BCUT2D eigenvalue weighted by molar-refractivity contribution is 5.90. The monoisotopic (exact) mass is 289 g/mol. The number of hydrogen-bond acceptors (Lipinski definition) is 5. The lowest BCUT2D eigenvalue weighted by molar-refractivity contribution is 0.220. The molecule has 2 aliphatic rings. The van der Waals surface area contributed by atoms with E-state index in [9.17, 15) is 0 Å². The van der Waals surface area contributed by atoms with Crippen LogP contribution in [0.2, 0.25) is 0 Å². The van der Waals surface area contributed by atoms with E-state index in [0.29, 0.717) is 6.04 Å². The number of ether oxygens (including phenoxy) is 1. The first kappa shape index (κ1) is 14.2. The number of nitrogens with zero attached hydrogens (tertiary/aromatic N) is 3. The summed E-state index contributed by atoms with van der Waals surface area (Å²) in [6, 6.07) is 8.52. The topological polar surface area (TPSA) is 48.3 Å². The third-order valence-electron chi connectivity index (χ3n) is 4.60. The summed E-state index contributed by atoms with van der Waals surface area (Å²) in [5, 5.41) is 12.6. The molecule has 0 radical (unpaired) electrons.